The molecule has 0 aliphatic carbocycles. The summed E-state index contributed by atoms with van der Waals surface area (Å²) in [6, 6.07) is 9.92. The van der Waals surface area contributed by atoms with Crippen molar-refractivity contribution in [2.45, 2.75) is 19.5 Å². The molecule has 1 aromatic heterocycles. The Morgan fingerprint density at radius 2 is 2.04 bits per heavy atom. The van der Waals surface area contributed by atoms with Crippen LogP contribution >= 0.6 is 24.0 Å². The predicted molar refractivity (Wildman–Crippen MR) is 103 cm³/mol. The summed E-state index contributed by atoms with van der Waals surface area (Å²) in [5, 5.41) is 10.8. The highest BCUT2D eigenvalue weighted by atomic mass is 127. The van der Waals surface area contributed by atoms with Crippen molar-refractivity contribution in [1.29, 1.82) is 0 Å². The zero-order valence-corrected chi connectivity index (χ0v) is 15.9. The van der Waals surface area contributed by atoms with E-state index in [0.29, 0.717) is 0 Å². The standard InChI is InChI=1S/C16H23N5O.HI/c1-17-16(18-9-3-11-21-12-4-10-20-21)19-13-14-5-7-15(22-2)8-6-14;/h4-8,10,12H,3,9,11,13H2,1-2H3,(H2,17,18,19);1H. The van der Waals surface area contributed by atoms with Crippen LogP contribution in [0, 0.1) is 0 Å². The Labute approximate surface area is 154 Å². The van der Waals surface area contributed by atoms with Gasteiger partial charge in [0, 0.05) is 39.1 Å². The quantitative estimate of drug-likeness (QED) is 0.307. The number of ether oxygens (including phenoxy) is 1. The minimum Gasteiger partial charge on any atom is -0.497 e. The van der Waals surface area contributed by atoms with E-state index in [1.807, 2.05) is 41.2 Å². The Bertz CT molecular complexity index is 569. The van der Waals surface area contributed by atoms with Crippen LogP contribution in [0.15, 0.2) is 47.7 Å². The maximum absolute atomic E-state index is 5.15. The SMILES string of the molecule is CN=C(NCCCn1cccn1)NCc1ccc(OC)cc1.I. The summed E-state index contributed by atoms with van der Waals surface area (Å²) in [5.41, 5.74) is 1.18. The van der Waals surface area contributed by atoms with E-state index < -0.39 is 0 Å². The van der Waals surface area contributed by atoms with Gasteiger partial charge in [0.25, 0.3) is 0 Å². The van der Waals surface area contributed by atoms with Gasteiger partial charge in [-0.3, -0.25) is 9.67 Å². The molecule has 2 N–H and O–H groups in total. The predicted octanol–water partition coefficient (Wildman–Crippen LogP) is 2.27. The molecule has 0 fully saturated rings. The topological polar surface area (TPSA) is 63.5 Å². The maximum atomic E-state index is 5.15. The van der Waals surface area contributed by atoms with Gasteiger partial charge in [-0.1, -0.05) is 12.1 Å². The van der Waals surface area contributed by atoms with Crippen LogP contribution in [0.5, 0.6) is 5.75 Å². The Kier molecular flexibility index (Phi) is 9.11. The number of nitrogens with zero attached hydrogens (tertiary/aromatic N) is 3. The summed E-state index contributed by atoms with van der Waals surface area (Å²) >= 11 is 0. The minimum atomic E-state index is 0. The number of aliphatic imine (C=N–C) groups is 1. The molecule has 0 unspecified atom stereocenters. The molecule has 7 heteroatoms. The van der Waals surface area contributed by atoms with E-state index in [0.717, 1.165) is 37.8 Å². The maximum Gasteiger partial charge on any atom is 0.191 e. The highest BCUT2D eigenvalue weighted by molar-refractivity contribution is 14.0. The van der Waals surface area contributed by atoms with E-state index in [4.69, 9.17) is 4.74 Å². The van der Waals surface area contributed by atoms with E-state index in [9.17, 15) is 0 Å². The number of aryl methyl sites for hydroxylation is 1. The third-order valence-corrected chi connectivity index (χ3v) is 3.26. The molecule has 0 amide bonds. The lowest BCUT2D eigenvalue weighted by atomic mass is 10.2. The lowest BCUT2D eigenvalue weighted by molar-refractivity contribution is 0.414. The van der Waals surface area contributed by atoms with Crippen LogP contribution in [0.25, 0.3) is 0 Å². The summed E-state index contributed by atoms with van der Waals surface area (Å²) in [6.07, 6.45) is 4.75. The summed E-state index contributed by atoms with van der Waals surface area (Å²) < 4.78 is 7.07. The largest absolute Gasteiger partial charge is 0.497 e. The van der Waals surface area contributed by atoms with Gasteiger partial charge in [0.1, 0.15) is 5.75 Å². The van der Waals surface area contributed by atoms with Crippen LogP contribution in [-0.4, -0.2) is 36.4 Å². The van der Waals surface area contributed by atoms with Gasteiger partial charge in [-0.05, 0) is 30.2 Å². The van der Waals surface area contributed by atoms with Crippen LogP contribution < -0.4 is 15.4 Å². The third-order valence-electron chi connectivity index (χ3n) is 3.26. The molecule has 2 aromatic rings. The van der Waals surface area contributed by atoms with Gasteiger partial charge >= 0.3 is 0 Å². The molecule has 1 heterocycles. The van der Waals surface area contributed by atoms with Crippen molar-refractivity contribution in [3.8, 4) is 5.75 Å². The molecule has 6 nitrogen and oxygen atoms in total. The number of methoxy groups -OCH3 is 1. The van der Waals surface area contributed by atoms with Gasteiger partial charge in [-0.2, -0.15) is 5.10 Å². The van der Waals surface area contributed by atoms with Crippen LogP contribution in [0.1, 0.15) is 12.0 Å². The van der Waals surface area contributed by atoms with Gasteiger partial charge in [-0.15, -0.1) is 24.0 Å². The van der Waals surface area contributed by atoms with Crippen molar-refractivity contribution in [2.75, 3.05) is 20.7 Å². The van der Waals surface area contributed by atoms with Gasteiger partial charge in [0.05, 0.1) is 7.11 Å². The van der Waals surface area contributed by atoms with Crippen molar-refractivity contribution < 1.29 is 4.74 Å². The Hall–Kier alpha value is -1.77. The second-order valence-corrected chi connectivity index (χ2v) is 4.82. The smallest absolute Gasteiger partial charge is 0.191 e. The van der Waals surface area contributed by atoms with Gasteiger partial charge in [0.2, 0.25) is 0 Å². The molecule has 0 saturated heterocycles. The summed E-state index contributed by atoms with van der Waals surface area (Å²) in [4.78, 5) is 4.22. The van der Waals surface area contributed by atoms with Crippen LogP contribution in [0.2, 0.25) is 0 Å². The first kappa shape index (κ1) is 19.3. The van der Waals surface area contributed by atoms with Gasteiger partial charge < -0.3 is 15.4 Å². The molecule has 0 aliphatic heterocycles. The fraction of sp³-hybridized carbons (Fsp3) is 0.375. The van der Waals surface area contributed by atoms with Crippen molar-refractivity contribution in [2.24, 2.45) is 4.99 Å². The monoisotopic (exact) mass is 429 g/mol. The molecule has 0 aliphatic rings. The normalized spacial score (nSPS) is 10.8. The number of halogens is 1. The Balaban J connectivity index is 0.00000264. The van der Waals surface area contributed by atoms with E-state index in [2.05, 4.69) is 20.7 Å². The molecule has 0 spiro atoms. The van der Waals surface area contributed by atoms with Crippen molar-refractivity contribution in [1.82, 2.24) is 20.4 Å². The first-order valence-electron chi connectivity index (χ1n) is 7.36. The second-order valence-electron chi connectivity index (χ2n) is 4.82. The zero-order chi connectivity index (χ0) is 15.6. The fourth-order valence-electron chi connectivity index (χ4n) is 2.03. The Morgan fingerprint density at radius 1 is 1.26 bits per heavy atom. The van der Waals surface area contributed by atoms with Crippen LogP contribution in [-0.2, 0) is 13.1 Å². The van der Waals surface area contributed by atoms with Crippen LogP contribution in [0.4, 0.5) is 0 Å². The van der Waals surface area contributed by atoms with Gasteiger partial charge in [0.15, 0.2) is 5.96 Å². The van der Waals surface area contributed by atoms with E-state index in [1.54, 1.807) is 20.4 Å². The molecule has 0 bridgehead atoms. The highest BCUT2D eigenvalue weighted by Gasteiger charge is 1.99. The number of aromatic nitrogens is 2. The van der Waals surface area contributed by atoms with E-state index >= 15 is 0 Å². The molecular formula is C16H24IN5O. The Morgan fingerprint density at radius 3 is 2.65 bits per heavy atom. The average Bonchev–Trinajstić information content (AvgIpc) is 3.08. The fourth-order valence-corrected chi connectivity index (χ4v) is 2.03. The lowest BCUT2D eigenvalue weighted by Gasteiger charge is -2.12. The van der Waals surface area contributed by atoms with E-state index in [1.165, 1.54) is 5.56 Å². The number of hydrogen-bond acceptors (Lipinski definition) is 3. The van der Waals surface area contributed by atoms with Gasteiger partial charge in [-0.25, -0.2) is 0 Å². The molecule has 0 saturated carbocycles. The third kappa shape index (κ3) is 6.89. The molecule has 126 valence electrons. The number of nitrogens with one attached hydrogen (secondary N) is 2. The molecular weight excluding hydrogens is 405 g/mol. The average molecular weight is 429 g/mol. The first-order valence-corrected chi connectivity index (χ1v) is 7.36. The molecule has 23 heavy (non-hydrogen) atoms. The molecule has 2 rings (SSSR count). The van der Waals surface area contributed by atoms with Crippen molar-refractivity contribution in [3.63, 3.8) is 0 Å². The number of guanidine groups is 1. The van der Waals surface area contributed by atoms with Crippen molar-refractivity contribution >= 4 is 29.9 Å². The highest BCUT2D eigenvalue weighted by Crippen LogP contribution is 2.10. The number of rotatable bonds is 7. The lowest BCUT2D eigenvalue weighted by Crippen LogP contribution is -2.37. The molecule has 0 radical (unpaired) electrons. The number of benzene rings is 1. The summed E-state index contributed by atoms with van der Waals surface area (Å²) in [5.74, 6) is 1.67. The number of hydrogen-bond donors (Lipinski definition) is 2. The summed E-state index contributed by atoms with van der Waals surface area (Å²) in [7, 11) is 3.44. The summed E-state index contributed by atoms with van der Waals surface area (Å²) in [6.45, 7) is 2.47. The molecule has 1 aromatic carbocycles. The minimum absolute atomic E-state index is 0. The second kappa shape index (κ2) is 10.9. The molecule has 0 atom stereocenters. The first-order chi connectivity index (χ1) is 10.8. The van der Waals surface area contributed by atoms with E-state index in [-0.39, 0.29) is 24.0 Å². The van der Waals surface area contributed by atoms with Crippen molar-refractivity contribution in [3.05, 3.63) is 48.3 Å². The van der Waals surface area contributed by atoms with Crippen LogP contribution in [0.3, 0.4) is 0 Å². The zero-order valence-electron chi connectivity index (χ0n) is 13.5.